The van der Waals surface area contributed by atoms with Crippen molar-refractivity contribution in [2.24, 2.45) is 0 Å². The van der Waals surface area contributed by atoms with Crippen LogP contribution in [0.5, 0.6) is 23.0 Å². The molecule has 0 atom stereocenters. The molecule has 0 N–H and O–H groups in total. The van der Waals surface area contributed by atoms with Crippen LogP contribution in [0.15, 0.2) is 267 Å². The van der Waals surface area contributed by atoms with Crippen molar-refractivity contribution in [2.45, 2.75) is 32.4 Å². The predicted octanol–water partition coefficient (Wildman–Crippen LogP) is 20.7. The Hall–Kier alpha value is -10.8. The fraction of sp³-hybridized carbons (Fsp3) is 0.0886. The monoisotopic (exact) mass is 1110 g/mol. The fourth-order valence-corrected chi connectivity index (χ4v) is 14.3. The van der Waals surface area contributed by atoms with Gasteiger partial charge < -0.3 is 33.1 Å². The van der Waals surface area contributed by atoms with Crippen molar-refractivity contribution in [3.8, 4) is 56.4 Å². The van der Waals surface area contributed by atoms with Gasteiger partial charge in [0.2, 0.25) is 0 Å². The first kappa shape index (κ1) is 50.9. The second-order valence-corrected chi connectivity index (χ2v) is 22.5. The Labute approximate surface area is 500 Å². The van der Waals surface area contributed by atoms with E-state index in [1.165, 1.54) is 88.1 Å². The summed E-state index contributed by atoms with van der Waals surface area (Å²) < 4.78 is 23.4. The average molecular weight is 1110 g/mol. The topological polar surface area (TPSA) is 44.0 Å². The van der Waals surface area contributed by atoms with Gasteiger partial charge in [0.15, 0.2) is 0 Å². The summed E-state index contributed by atoms with van der Waals surface area (Å²) in [5.41, 5.74) is 21.9. The maximum atomic E-state index is 6.96. The number of para-hydroxylation sites is 2. The third-order valence-corrected chi connectivity index (χ3v) is 18.1. The van der Waals surface area contributed by atoms with Crippen LogP contribution in [0.25, 0.3) is 77.0 Å². The molecule has 7 heteroatoms. The summed E-state index contributed by atoms with van der Waals surface area (Å²) in [4.78, 5) is 4.82. The van der Waals surface area contributed by atoms with Gasteiger partial charge in [-0.1, -0.05) is 146 Å². The summed E-state index contributed by atoms with van der Waals surface area (Å²) in [5, 5.41) is 4.93. The van der Waals surface area contributed by atoms with E-state index in [0.717, 1.165) is 81.3 Å². The molecule has 0 amide bonds. The number of fused-ring (bicyclic) bond motifs is 15. The predicted molar refractivity (Wildman–Crippen MR) is 355 cm³/mol. The number of ether oxygens (including phenoxy) is 3. The van der Waals surface area contributed by atoms with Crippen LogP contribution in [-0.2, 0) is 18.5 Å². The molecule has 0 saturated heterocycles. The number of benzene rings is 12. The fourth-order valence-electron chi connectivity index (χ4n) is 14.3. The number of rotatable bonds is 12. The highest BCUT2D eigenvalue weighted by atomic mass is 16.5. The Balaban J connectivity index is 0.903. The molecule has 1 aliphatic carbocycles. The number of anilines is 6. The number of methoxy groups -OCH3 is 2. The van der Waals surface area contributed by atoms with E-state index in [1.807, 2.05) is 0 Å². The van der Waals surface area contributed by atoms with Gasteiger partial charge in [-0.3, -0.25) is 0 Å². The highest BCUT2D eigenvalue weighted by Gasteiger charge is 2.51. The SMILES string of the molecule is CCn1c2cc(-c3ccccc3)ccc2c2ccc(N(c3ccc(OC)cc3)c3ccc4c(c3)C3(c5ccccc5Oc5ccccc53)c3cc(N(c5ccc(OC)cc5)c5ccc6c7ccc(-c8ccccc8)cc7n(CC)c6c5)ccc3-4)cc21. The highest BCUT2D eigenvalue weighted by Crippen LogP contribution is 2.63. The molecule has 2 aromatic heterocycles. The highest BCUT2D eigenvalue weighted by molar-refractivity contribution is 6.12. The molecule has 0 bridgehead atoms. The lowest BCUT2D eigenvalue weighted by Crippen LogP contribution is -2.32. The summed E-state index contributed by atoms with van der Waals surface area (Å²) in [5.74, 6) is 3.27. The number of nitrogens with zero attached hydrogens (tertiary/aromatic N) is 4. The molecule has 0 saturated carbocycles. The van der Waals surface area contributed by atoms with Gasteiger partial charge in [0.25, 0.3) is 0 Å². The normalized spacial score (nSPS) is 12.7. The van der Waals surface area contributed by atoms with Crippen LogP contribution in [0, 0.1) is 0 Å². The van der Waals surface area contributed by atoms with Crippen molar-refractivity contribution in [1.82, 2.24) is 9.13 Å². The quantitative estimate of drug-likeness (QED) is 0.122. The first-order valence-electron chi connectivity index (χ1n) is 29.7. The molecule has 0 radical (unpaired) electrons. The number of aryl methyl sites for hydroxylation is 2. The molecular formula is C79H60N4O3. The van der Waals surface area contributed by atoms with Crippen LogP contribution in [0.2, 0.25) is 0 Å². The second kappa shape index (κ2) is 20.2. The molecule has 0 fully saturated rings. The lowest BCUT2D eigenvalue weighted by molar-refractivity contribution is 0.414. The number of aromatic nitrogens is 2. The molecule has 3 heterocycles. The minimum Gasteiger partial charge on any atom is -0.497 e. The first-order valence-corrected chi connectivity index (χ1v) is 29.7. The van der Waals surface area contributed by atoms with E-state index >= 15 is 0 Å². The molecule has 414 valence electrons. The molecule has 12 aromatic carbocycles. The van der Waals surface area contributed by atoms with E-state index in [1.54, 1.807) is 14.2 Å². The van der Waals surface area contributed by atoms with Gasteiger partial charge in [0, 0.05) is 90.9 Å². The summed E-state index contributed by atoms with van der Waals surface area (Å²) in [6.07, 6.45) is 0. The summed E-state index contributed by atoms with van der Waals surface area (Å²) in [6, 6.07) is 97.5. The van der Waals surface area contributed by atoms with E-state index in [2.05, 4.69) is 300 Å². The van der Waals surface area contributed by atoms with E-state index in [9.17, 15) is 0 Å². The standard InChI is InChI=1S/C79H60N4O3/c1-5-80-73-45-53(51-17-9-7-10-18-51)25-39-65(73)67-43-33-59(49-75(67)80)82(55-27-35-61(84-3)36-28-55)57-31-41-63-64-42-32-58(48-72(64)79(71(63)47-57)69-21-13-15-23-77(69)86-78-24-16-14-22-70(78)79)83(56-29-37-62(85-4)38-30-56)60-34-44-68-66-40-26-54(52-19-11-8-12-20-52)46-74(66)81(6-2)76(68)50-60/h7-50H,5-6H2,1-4H3. The van der Waals surface area contributed by atoms with Crippen molar-refractivity contribution in [3.05, 3.63) is 289 Å². The van der Waals surface area contributed by atoms with E-state index in [0.29, 0.717) is 0 Å². The van der Waals surface area contributed by atoms with Crippen LogP contribution < -0.4 is 24.0 Å². The maximum absolute atomic E-state index is 6.96. The van der Waals surface area contributed by atoms with Gasteiger partial charge in [-0.25, -0.2) is 0 Å². The average Bonchev–Trinajstić information content (AvgIpc) is 1.48. The summed E-state index contributed by atoms with van der Waals surface area (Å²) in [6.45, 7) is 6.13. The lowest BCUT2D eigenvalue weighted by Gasteiger charge is -2.40. The van der Waals surface area contributed by atoms with Crippen LogP contribution in [0.4, 0.5) is 34.1 Å². The minimum absolute atomic E-state index is 0.799. The van der Waals surface area contributed by atoms with Gasteiger partial charge in [-0.2, -0.15) is 0 Å². The molecule has 14 aromatic rings. The third kappa shape index (κ3) is 7.81. The van der Waals surface area contributed by atoms with Crippen LogP contribution in [0.1, 0.15) is 36.1 Å². The Bertz CT molecular complexity index is 4650. The zero-order valence-electron chi connectivity index (χ0n) is 48.3. The molecule has 86 heavy (non-hydrogen) atoms. The Morgan fingerprint density at radius 1 is 0.326 bits per heavy atom. The molecular weight excluding hydrogens is 1050 g/mol. The van der Waals surface area contributed by atoms with E-state index < -0.39 is 5.41 Å². The number of hydrogen-bond donors (Lipinski definition) is 0. The number of hydrogen-bond acceptors (Lipinski definition) is 5. The van der Waals surface area contributed by atoms with Crippen molar-refractivity contribution in [3.63, 3.8) is 0 Å². The van der Waals surface area contributed by atoms with Crippen molar-refractivity contribution in [2.75, 3.05) is 24.0 Å². The summed E-state index contributed by atoms with van der Waals surface area (Å²) >= 11 is 0. The van der Waals surface area contributed by atoms with E-state index in [-0.39, 0.29) is 0 Å². The Kier molecular flexibility index (Phi) is 12.0. The molecule has 0 unspecified atom stereocenters. The third-order valence-electron chi connectivity index (χ3n) is 18.1. The van der Waals surface area contributed by atoms with Crippen molar-refractivity contribution in [1.29, 1.82) is 0 Å². The maximum Gasteiger partial charge on any atom is 0.132 e. The first-order chi connectivity index (χ1) is 42.4. The molecule has 7 nitrogen and oxygen atoms in total. The van der Waals surface area contributed by atoms with Crippen LogP contribution >= 0.6 is 0 Å². The largest absolute Gasteiger partial charge is 0.497 e. The zero-order valence-corrected chi connectivity index (χ0v) is 48.3. The van der Waals surface area contributed by atoms with Crippen molar-refractivity contribution < 1.29 is 14.2 Å². The van der Waals surface area contributed by atoms with Crippen LogP contribution in [-0.4, -0.2) is 23.4 Å². The molecule has 1 spiro atoms. The molecule has 16 rings (SSSR count). The Morgan fingerprint density at radius 2 is 0.674 bits per heavy atom. The Morgan fingerprint density at radius 3 is 1.08 bits per heavy atom. The van der Waals surface area contributed by atoms with Gasteiger partial charge in [-0.15, -0.1) is 0 Å². The van der Waals surface area contributed by atoms with Gasteiger partial charge in [0.1, 0.15) is 23.0 Å². The van der Waals surface area contributed by atoms with Gasteiger partial charge in [-0.05, 0) is 180 Å². The van der Waals surface area contributed by atoms with Crippen LogP contribution in [0.3, 0.4) is 0 Å². The lowest BCUT2D eigenvalue weighted by atomic mass is 9.66. The molecule has 1 aliphatic heterocycles. The van der Waals surface area contributed by atoms with Crippen molar-refractivity contribution >= 4 is 77.7 Å². The zero-order chi connectivity index (χ0) is 57.6. The minimum atomic E-state index is -0.802. The van der Waals surface area contributed by atoms with Gasteiger partial charge >= 0.3 is 0 Å². The molecule has 2 aliphatic rings. The van der Waals surface area contributed by atoms with E-state index in [4.69, 9.17) is 14.2 Å². The van der Waals surface area contributed by atoms with Gasteiger partial charge in [0.05, 0.1) is 30.7 Å². The summed E-state index contributed by atoms with van der Waals surface area (Å²) in [7, 11) is 3.45. The second-order valence-electron chi connectivity index (χ2n) is 22.5. The smallest absolute Gasteiger partial charge is 0.132 e.